The van der Waals surface area contributed by atoms with Gasteiger partial charge in [-0.05, 0) is 49.2 Å². The minimum absolute atomic E-state index is 0.638. The van der Waals surface area contributed by atoms with Crippen LogP contribution < -0.4 is 5.32 Å². The van der Waals surface area contributed by atoms with E-state index in [0.29, 0.717) is 6.54 Å². The van der Waals surface area contributed by atoms with E-state index in [4.69, 9.17) is 0 Å². The van der Waals surface area contributed by atoms with Crippen LogP contribution >= 0.6 is 15.9 Å². The van der Waals surface area contributed by atoms with Gasteiger partial charge in [0.15, 0.2) is 0 Å². The molecule has 0 saturated carbocycles. The van der Waals surface area contributed by atoms with Crippen molar-refractivity contribution in [2.45, 2.75) is 13.5 Å². The number of nitrogens with zero attached hydrogens (tertiary/aromatic N) is 1. The molecule has 0 aliphatic heterocycles. The Kier molecular flexibility index (Phi) is 4.50. The monoisotopic (exact) mass is 352 g/mol. The molecule has 0 spiro atoms. The van der Waals surface area contributed by atoms with Crippen molar-refractivity contribution in [1.82, 2.24) is 4.57 Å². The predicted molar refractivity (Wildman–Crippen MR) is 97.1 cm³/mol. The first kappa shape index (κ1) is 14.7. The Morgan fingerprint density at radius 1 is 1.09 bits per heavy atom. The van der Waals surface area contributed by atoms with Gasteiger partial charge in [0, 0.05) is 27.6 Å². The van der Waals surface area contributed by atoms with Crippen molar-refractivity contribution >= 4 is 32.5 Å². The standard InChI is InChI=1S/C19H17BrN2/c1-2-22-18(14-15-13-16(20)10-11-19(15)22)9-6-12-21-17-7-4-3-5-8-17/h3-5,7-8,10-11,13-14,21H,2,12H2,1H3. The number of hydrogen-bond donors (Lipinski definition) is 1. The molecule has 2 aromatic carbocycles. The molecule has 3 heteroatoms. The molecule has 1 aromatic heterocycles. The van der Waals surface area contributed by atoms with Gasteiger partial charge in [0.2, 0.25) is 0 Å². The number of benzene rings is 2. The Balaban J connectivity index is 1.80. The molecule has 2 nitrogen and oxygen atoms in total. The third-order valence-electron chi connectivity index (χ3n) is 3.55. The average molecular weight is 353 g/mol. The van der Waals surface area contributed by atoms with E-state index in [0.717, 1.165) is 22.4 Å². The van der Waals surface area contributed by atoms with Crippen molar-refractivity contribution in [2.24, 2.45) is 0 Å². The van der Waals surface area contributed by atoms with Crippen molar-refractivity contribution in [1.29, 1.82) is 0 Å². The Labute approximate surface area is 139 Å². The molecule has 0 aliphatic carbocycles. The summed E-state index contributed by atoms with van der Waals surface area (Å²) in [5, 5.41) is 4.52. The van der Waals surface area contributed by atoms with Crippen molar-refractivity contribution in [3.8, 4) is 11.8 Å². The fraction of sp³-hybridized carbons (Fsp3) is 0.158. The molecule has 0 unspecified atom stereocenters. The maximum atomic E-state index is 3.52. The van der Waals surface area contributed by atoms with E-state index in [-0.39, 0.29) is 0 Å². The number of halogens is 1. The van der Waals surface area contributed by atoms with Crippen molar-refractivity contribution in [3.05, 3.63) is 64.8 Å². The first-order valence-electron chi connectivity index (χ1n) is 7.34. The predicted octanol–water partition coefficient (Wildman–Crippen LogP) is 4.89. The summed E-state index contributed by atoms with van der Waals surface area (Å²) in [6.45, 7) is 3.70. The minimum atomic E-state index is 0.638. The molecule has 3 rings (SSSR count). The topological polar surface area (TPSA) is 17.0 Å². The van der Waals surface area contributed by atoms with Gasteiger partial charge in [0.1, 0.15) is 0 Å². The molecule has 0 aliphatic rings. The molecule has 3 aromatic rings. The lowest BCUT2D eigenvalue weighted by molar-refractivity contribution is 0.787. The van der Waals surface area contributed by atoms with Gasteiger partial charge in [-0.15, -0.1) is 0 Å². The molecule has 110 valence electrons. The van der Waals surface area contributed by atoms with Crippen molar-refractivity contribution in [2.75, 3.05) is 11.9 Å². The van der Waals surface area contributed by atoms with E-state index < -0.39 is 0 Å². The molecule has 0 radical (unpaired) electrons. The molecule has 1 N–H and O–H groups in total. The zero-order valence-electron chi connectivity index (χ0n) is 12.4. The molecule has 0 atom stereocenters. The quantitative estimate of drug-likeness (QED) is 0.664. The Morgan fingerprint density at radius 2 is 1.91 bits per heavy atom. The minimum Gasteiger partial charge on any atom is -0.374 e. The highest BCUT2D eigenvalue weighted by molar-refractivity contribution is 9.10. The lowest BCUT2D eigenvalue weighted by atomic mass is 10.2. The van der Waals surface area contributed by atoms with Crippen LogP contribution in [0, 0.1) is 11.8 Å². The van der Waals surface area contributed by atoms with Crippen LogP contribution in [0.3, 0.4) is 0 Å². The fourth-order valence-electron chi connectivity index (χ4n) is 2.52. The van der Waals surface area contributed by atoms with E-state index >= 15 is 0 Å². The highest BCUT2D eigenvalue weighted by Gasteiger charge is 2.05. The summed E-state index contributed by atoms with van der Waals surface area (Å²) < 4.78 is 3.34. The number of aromatic nitrogens is 1. The lowest BCUT2D eigenvalue weighted by Gasteiger charge is -2.03. The first-order valence-corrected chi connectivity index (χ1v) is 8.14. The second-order valence-corrected chi connectivity index (χ2v) is 5.91. The Hall–Kier alpha value is -2.18. The van der Waals surface area contributed by atoms with E-state index in [9.17, 15) is 0 Å². The van der Waals surface area contributed by atoms with Crippen molar-refractivity contribution in [3.63, 3.8) is 0 Å². The highest BCUT2D eigenvalue weighted by Crippen LogP contribution is 2.23. The fourth-order valence-corrected chi connectivity index (χ4v) is 2.90. The third-order valence-corrected chi connectivity index (χ3v) is 4.04. The zero-order chi connectivity index (χ0) is 15.4. The Bertz CT molecular complexity index is 838. The van der Waals surface area contributed by atoms with E-state index in [1.54, 1.807) is 0 Å². The van der Waals surface area contributed by atoms with Crippen LogP contribution in [0.5, 0.6) is 0 Å². The van der Waals surface area contributed by atoms with Gasteiger partial charge in [-0.2, -0.15) is 0 Å². The van der Waals surface area contributed by atoms with Gasteiger partial charge in [0.05, 0.1) is 12.2 Å². The molecule has 0 fully saturated rings. The van der Waals surface area contributed by atoms with Crippen LogP contribution in [0.1, 0.15) is 12.6 Å². The zero-order valence-corrected chi connectivity index (χ0v) is 14.0. The summed E-state index contributed by atoms with van der Waals surface area (Å²) >= 11 is 3.52. The van der Waals surface area contributed by atoms with Gasteiger partial charge in [-0.3, -0.25) is 0 Å². The van der Waals surface area contributed by atoms with Gasteiger partial charge in [-0.1, -0.05) is 40.0 Å². The summed E-state index contributed by atoms with van der Waals surface area (Å²) in [5.41, 5.74) is 3.38. The first-order chi connectivity index (χ1) is 10.8. The third kappa shape index (κ3) is 3.18. The number of fused-ring (bicyclic) bond motifs is 1. The van der Waals surface area contributed by atoms with Crippen molar-refractivity contribution < 1.29 is 0 Å². The van der Waals surface area contributed by atoms with Crippen LogP contribution in [-0.4, -0.2) is 11.1 Å². The average Bonchev–Trinajstić information content (AvgIpc) is 2.89. The smallest absolute Gasteiger partial charge is 0.0931 e. The number of rotatable bonds is 3. The molecule has 0 amide bonds. The van der Waals surface area contributed by atoms with Crippen LogP contribution in [0.25, 0.3) is 10.9 Å². The second kappa shape index (κ2) is 6.72. The van der Waals surface area contributed by atoms with Crippen LogP contribution in [0.2, 0.25) is 0 Å². The van der Waals surface area contributed by atoms with Gasteiger partial charge >= 0.3 is 0 Å². The van der Waals surface area contributed by atoms with Crippen LogP contribution in [0.15, 0.2) is 59.1 Å². The largest absolute Gasteiger partial charge is 0.374 e. The second-order valence-electron chi connectivity index (χ2n) is 5.00. The van der Waals surface area contributed by atoms with Gasteiger partial charge in [0.25, 0.3) is 0 Å². The summed E-state index contributed by atoms with van der Waals surface area (Å²) in [6, 6.07) is 18.6. The number of aryl methyl sites for hydroxylation is 1. The number of hydrogen-bond acceptors (Lipinski definition) is 1. The molecular formula is C19H17BrN2. The van der Waals surface area contributed by atoms with Crippen LogP contribution in [-0.2, 0) is 6.54 Å². The summed E-state index contributed by atoms with van der Waals surface area (Å²) in [5.74, 6) is 6.49. The number of nitrogens with one attached hydrogen (secondary N) is 1. The number of anilines is 1. The number of para-hydroxylation sites is 1. The maximum Gasteiger partial charge on any atom is 0.0931 e. The summed E-state index contributed by atoms with van der Waals surface area (Å²) in [4.78, 5) is 0. The molecular weight excluding hydrogens is 336 g/mol. The van der Waals surface area contributed by atoms with Crippen LogP contribution in [0.4, 0.5) is 5.69 Å². The van der Waals surface area contributed by atoms with E-state index in [2.05, 4.69) is 68.8 Å². The highest BCUT2D eigenvalue weighted by atomic mass is 79.9. The van der Waals surface area contributed by atoms with Gasteiger partial charge in [-0.25, -0.2) is 0 Å². The SMILES string of the molecule is CCn1c(C#CCNc2ccccc2)cc2cc(Br)ccc21. The van der Waals surface area contributed by atoms with Gasteiger partial charge < -0.3 is 9.88 Å². The molecule has 22 heavy (non-hydrogen) atoms. The molecule has 1 heterocycles. The maximum absolute atomic E-state index is 3.52. The Morgan fingerprint density at radius 3 is 2.68 bits per heavy atom. The molecule has 0 saturated heterocycles. The normalized spacial score (nSPS) is 10.3. The summed E-state index contributed by atoms with van der Waals surface area (Å²) in [7, 11) is 0. The van der Waals surface area contributed by atoms with E-state index in [1.165, 1.54) is 10.9 Å². The lowest BCUT2D eigenvalue weighted by Crippen LogP contribution is -1.99. The van der Waals surface area contributed by atoms with E-state index in [1.807, 2.05) is 30.3 Å². The molecule has 0 bridgehead atoms. The summed E-state index contributed by atoms with van der Waals surface area (Å²) in [6.07, 6.45) is 0.